The number of ether oxygens (including phenoxy) is 3. The van der Waals surface area contributed by atoms with Gasteiger partial charge in [-0.15, -0.1) is 0 Å². The Balaban J connectivity index is 1.75. The van der Waals surface area contributed by atoms with Gasteiger partial charge in [-0.1, -0.05) is 34.1 Å². The molecule has 126 valence electrons. The first-order chi connectivity index (χ1) is 11.6. The summed E-state index contributed by atoms with van der Waals surface area (Å²) in [7, 11) is 1.51. The topological polar surface area (TPSA) is 73.9 Å². The molecule has 1 N–H and O–H groups in total. The van der Waals surface area contributed by atoms with Gasteiger partial charge in [0, 0.05) is 10.2 Å². The number of nitrogens with one attached hydrogen (secondary N) is 1. The Morgan fingerprint density at radius 3 is 2.50 bits per heavy atom. The molecular formula is C17H16BrNO5. The normalized spacial score (nSPS) is 9.92. The minimum Gasteiger partial charge on any atom is -0.493 e. The Bertz CT molecular complexity index is 720. The van der Waals surface area contributed by atoms with Crippen molar-refractivity contribution in [3.05, 3.63) is 53.0 Å². The van der Waals surface area contributed by atoms with Crippen molar-refractivity contribution in [2.45, 2.75) is 0 Å². The fourth-order valence-corrected chi connectivity index (χ4v) is 2.22. The lowest BCUT2D eigenvalue weighted by Gasteiger charge is -2.10. The number of para-hydroxylation sites is 2. The van der Waals surface area contributed by atoms with Gasteiger partial charge in [0.05, 0.1) is 7.11 Å². The molecule has 2 rings (SSSR count). The van der Waals surface area contributed by atoms with Crippen LogP contribution in [0.15, 0.2) is 53.0 Å². The molecule has 7 heteroatoms. The molecule has 0 aromatic heterocycles. The second-order valence-electron chi connectivity index (χ2n) is 4.66. The van der Waals surface area contributed by atoms with Crippen LogP contribution in [0.1, 0.15) is 0 Å². The maximum absolute atomic E-state index is 11.7. The summed E-state index contributed by atoms with van der Waals surface area (Å²) in [6.07, 6.45) is 0. The summed E-state index contributed by atoms with van der Waals surface area (Å²) in [5, 5.41) is 2.62. The van der Waals surface area contributed by atoms with Gasteiger partial charge in [0.15, 0.2) is 24.7 Å². The summed E-state index contributed by atoms with van der Waals surface area (Å²) in [6.45, 7) is -0.703. The maximum Gasteiger partial charge on any atom is 0.344 e. The fourth-order valence-electron chi connectivity index (χ4n) is 1.83. The number of esters is 1. The second-order valence-corrected chi connectivity index (χ2v) is 5.57. The van der Waals surface area contributed by atoms with Crippen LogP contribution >= 0.6 is 15.9 Å². The number of hydrogen-bond acceptors (Lipinski definition) is 5. The fraction of sp³-hybridized carbons (Fsp3) is 0.176. The molecule has 2 aromatic carbocycles. The van der Waals surface area contributed by atoms with E-state index in [1.165, 1.54) is 7.11 Å². The number of methoxy groups -OCH3 is 1. The molecule has 0 heterocycles. The Kier molecular flexibility index (Phi) is 6.62. The molecule has 0 saturated heterocycles. The maximum atomic E-state index is 11.7. The third kappa shape index (κ3) is 5.58. The highest BCUT2D eigenvalue weighted by molar-refractivity contribution is 9.10. The molecule has 0 fully saturated rings. The van der Waals surface area contributed by atoms with Gasteiger partial charge < -0.3 is 19.5 Å². The average molecular weight is 394 g/mol. The molecule has 2 aromatic rings. The van der Waals surface area contributed by atoms with Crippen molar-refractivity contribution in [2.24, 2.45) is 0 Å². The number of anilines is 1. The summed E-state index contributed by atoms with van der Waals surface area (Å²) >= 11 is 3.31. The standard InChI is InChI=1S/C17H16BrNO5/c1-22-14-7-2-3-8-15(14)23-11-17(21)24-10-16(20)19-13-6-4-5-12(18)9-13/h2-9H,10-11H2,1H3,(H,19,20). The summed E-state index contributed by atoms with van der Waals surface area (Å²) in [6, 6.07) is 14.0. The van der Waals surface area contributed by atoms with E-state index in [0.29, 0.717) is 17.2 Å². The van der Waals surface area contributed by atoms with E-state index in [1.54, 1.807) is 42.5 Å². The van der Waals surface area contributed by atoms with Crippen LogP contribution in [-0.4, -0.2) is 32.2 Å². The van der Waals surface area contributed by atoms with Crippen LogP contribution in [-0.2, 0) is 14.3 Å². The number of hydrogen-bond donors (Lipinski definition) is 1. The number of halogens is 1. The van der Waals surface area contributed by atoms with E-state index in [1.807, 2.05) is 6.07 Å². The predicted molar refractivity (Wildman–Crippen MR) is 92.2 cm³/mol. The average Bonchev–Trinajstić information content (AvgIpc) is 2.58. The van der Waals surface area contributed by atoms with Crippen molar-refractivity contribution in [3.8, 4) is 11.5 Å². The van der Waals surface area contributed by atoms with Crippen LogP contribution in [0.5, 0.6) is 11.5 Å². The molecule has 1 amide bonds. The highest BCUT2D eigenvalue weighted by Crippen LogP contribution is 2.25. The van der Waals surface area contributed by atoms with Crippen LogP contribution in [0.25, 0.3) is 0 Å². The largest absolute Gasteiger partial charge is 0.493 e. The van der Waals surface area contributed by atoms with Crippen LogP contribution in [0.2, 0.25) is 0 Å². The highest BCUT2D eigenvalue weighted by Gasteiger charge is 2.10. The van der Waals surface area contributed by atoms with Crippen molar-refractivity contribution >= 4 is 33.5 Å². The quantitative estimate of drug-likeness (QED) is 0.731. The summed E-state index contributed by atoms with van der Waals surface area (Å²) < 4.78 is 16.1. The van der Waals surface area contributed by atoms with E-state index in [2.05, 4.69) is 21.2 Å². The molecule has 0 spiro atoms. The number of benzene rings is 2. The third-order valence-electron chi connectivity index (χ3n) is 2.89. The van der Waals surface area contributed by atoms with Gasteiger partial charge in [-0.3, -0.25) is 4.79 Å². The Morgan fingerprint density at radius 2 is 1.79 bits per heavy atom. The first kappa shape index (κ1) is 17.8. The monoisotopic (exact) mass is 393 g/mol. The van der Waals surface area contributed by atoms with Crippen LogP contribution in [0, 0.1) is 0 Å². The van der Waals surface area contributed by atoms with E-state index >= 15 is 0 Å². The minimum atomic E-state index is -0.648. The van der Waals surface area contributed by atoms with Crippen LogP contribution < -0.4 is 14.8 Å². The lowest BCUT2D eigenvalue weighted by Crippen LogP contribution is -2.23. The van der Waals surface area contributed by atoms with Gasteiger partial charge in [0.2, 0.25) is 0 Å². The molecule has 0 bridgehead atoms. The number of carbonyl (C=O) groups is 2. The van der Waals surface area contributed by atoms with E-state index in [0.717, 1.165) is 4.47 Å². The molecule has 6 nitrogen and oxygen atoms in total. The Morgan fingerprint density at radius 1 is 1.04 bits per heavy atom. The van der Waals surface area contributed by atoms with Gasteiger partial charge in [0.1, 0.15) is 0 Å². The number of amides is 1. The number of rotatable bonds is 7. The first-order valence-corrected chi connectivity index (χ1v) is 7.84. The molecule has 0 aliphatic rings. The van der Waals surface area contributed by atoms with Crippen molar-refractivity contribution in [2.75, 3.05) is 25.6 Å². The SMILES string of the molecule is COc1ccccc1OCC(=O)OCC(=O)Nc1cccc(Br)c1. The molecule has 24 heavy (non-hydrogen) atoms. The predicted octanol–water partition coefficient (Wildman–Crippen LogP) is 3.02. The van der Waals surface area contributed by atoms with Crippen LogP contribution in [0.4, 0.5) is 5.69 Å². The molecule has 0 aliphatic heterocycles. The molecule has 0 unspecified atom stereocenters. The van der Waals surface area contributed by atoms with E-state index in [4.69, 9.17) is 14.2 Å². The zero-order valence-electron chi connectivity index (χ0n) is 13.0. The first-order valence-electron chi connectivity index (χ1n) is 7.05. The van der Waals surface area contributed by atoms with E-state index < -0.39 is 11.9 Å². The molecule has 0 aliphatic carbocycles. The zero-order valence-corrected chi connectivity index (χ0v) is 14.5. The van der Waals surface area contributed by atoms with Gasteiger partial charge in [-0.25, -0.2) is 4.79 Å². The van der Waals surface area contributed by atoms with E-state index in [-0.39, 0.29) is 13.2 Å². The van der Waals surface area contributed by atoms with Gasteiger partial charge in [-0.2, -0.15) is 0 Å². The van der Waals surface area contributed by atoms with Gasteiger partial charge in [0.25, 0.3) is 5.91 Å². The van der Waals surface area contributed by atoms with Crippen molar-refractivity contribution in [1.82, 2.24) is 0 Å². The summed E-state index contributed by atoms with van der Waals surface area (Å²) in [5.74, 6) is -0.141. The smallest absolute Gasteiger partial charge is 0.344 e. The Labute approximate surface area is 147 Å². The van der Waals surface area contributed by atoms with Crippen molar-refractivity contribution in [1.29, 1.82) is 0 Å². The number of carbonyl (C=O) groups excluding carboxylic acids is 2. The minimum absolute atomic E-state index is 0.315. The van der Waals surface area contributed by atoms with Crippen molar-refractivity contribution < 1.29 is 23.8 Å². The third-order valence-corrected chi connectivity index (χ3v) is 3.38. The molecular weight excluding hydrogens is 378 g/mol. The van der Waals surface area contributed by atoms with Crippen molar-refractivity contribution in [3.63, 3.8) is 0 Å². The van der Waals surface area contributed by atoms with E-state index in [9.17, 15) is 9.59 Å². The molecule has 0 radical (unpaired) electrons. The highest BCUT2D eigenvalue weighted by atomic mass is 79.9. The summed E-state index contributed by atoms with van der Waals surface area (Å²) in [5.41, 5.74) is 0.607. The second kappa shape index (κ2) is 8.93. The van der Waals surface area contributed by atoms with Gasteiger partial charge in [-0.05, 0) is 30.3 Å². The lowest BCUT2D eigenvalue weighted by atomic mass is 10.3. The van der Waals surface area contributed by atoms with Gasteiger partial charge >= 0.3 is 5.97 Å². The lowest BCUT2D eigenvalue weighted by molar-refractivity contribution is -0.149. The Hall–Kier alpha value is -2.54. The van der Waals surface area contributed by atoms with Crippen LogP contribution in [0.3, 0.4) is 0 Å². The molecule has 0 saturated carbocycles. The summed E-state index contributed by atoms with van der Waals surface area (Å²) in [4.78, 5) is 23.4. The zero-order chi connectivity index (χ0) is 17.4. The molecule has 0 atom stereocenters.